The van der Waals surface area contributed by atoms with E-state index in [0.29, 0.717) is 53.2 Å². The van der Waals surface area contributed by atoms with Gasteiger partial charge in [0, 0.05) is 29.7 Å². The Labute approximate surface area is 207 Å². The molecule has 1 atom stereocenters. The summed E-state index contributed by atoms with van der Waals surface area (Å²) < 4.78 is 16.9. The van der Waals surface area contributed by atoms with Gasteiger partial charge < -0.3 is 19.1 Å². The number of anilines is 1. The molecular weight excluding hydrogens is 470 g/mol. The standard InChI is InChI=1S/C26H24ClN3O5/c1-3-34-25(32)20-14-28-23(16-4-6-17(27)7-5-16)29-24(20)30-11-10-26(15-30)13-21(31)19-12-18(33-2)8-9-22(19)35-26/h4-9,12,14H,3,10-11,13,15H2,1-2H3. The van der Waals surface area contributed by atoms with E-state index in [-0.39, 0.29) is 24.4 Å². The van der Waals surface area contributed by atoms with E-state index >= 15 is 0 Å². The maximum Gasteiger partial charge on any atom is 0.343 e. The summed E-state index contributed by atoms with van der Waals surface area (Å²) in [5.74, 6) is 1.57. The molecule has 0 bridgehead atoms. The molecule has 5 rings (SSSR count). The predicted molar refractivity (Wildman–Crippen MR) is 131 cm³/mol. The van der Waals surface area contributed by atoms with Crippen molar-refractivity contribution in [3.05, 3.63) is 64.8 Å². The molecule has 1 aromatic heterocycles. The average Bonchev–Trinajstić information content (AvgIpc) is 3.26. The summed E-state index contributed by atoms with van der Waals surface area (Å²) >= 11 is 6.02. The smallest absolute Gasteiger partial charge is 0.343 e. The van der Waals surface area contributed by atoms with Crippen LogP contribution in [0, 0.1) is 0 Å². The first-order valence-electron chi connectivity index (χ1n) is 11.4. The van der Waals surface area contributed by atoms with Crippen LogP contribution >= 0.6 is 11.6 Å². The Morgan fingerprint density at radius 1 is 1.23 bits per heavy atom. The number of ketones is 1. The van der Waals surface area contributed by atoms with Crippen molar-refractivity contribution in [2.75, 3.05) is 31.7 Å². The molecule has 1 saturated heterocycles. The topological polar surface area (TPSA) is 90.9 Å². The van der Waals surface area contributed by atoms with E-state index in [4.69, 9.17) is 30.8 Å². The quantitative estimate of drug-likeness (QED) is 0.476. The third kappa shape index (κ3) is 4.41. The minimum absolute atomic E-state index is 0.00200. The van der Waals surface area contributed by atoms with Gasteiger partial charge in [-0.05, 0) is 49.4 Å². The van der Waals surface area contributed by atoms with Crippen LogP contribution in [0.2, 0.25) is 5.02 Å². The molecule has 3 heterocycles. The predicted octanol–water partition coefficient (Wildman–Crippen LogP) is 4.60. The monoisotopic (exact) mass is 493 g/mol. The van der Waals surface area contributed by atoms with Crippen molar-refractivity contribution >= 4 is 29.2 Å². The van der Waals surface area contributed by atoms with Crippen molar-refractivity contribution in [3.63, 3.8) is 0 Å². The molecule has 3 aromatic rings. The van der Waals surface area contributed by atoms with Gasteiger partial charge in [0.05, 0.1) is 32.2 Å². The number of carbonyl (C=O) groups is 2. The van der Waals surface area contributed by atoms with Gasteiger partial charge >= 0.3 is 5.97 Å². The number of halogens is 1. The first kappa shape index (κ1) is 23.1. The Bertz CT molecular complexity index is 1300. The molecule has 1 spiro atoms. The van der Waals surface area contributed by atoms with Gasteiger partial charge in [0.2, 0.25) is 0 Å². The number of methoxy groups -OCH3 is 1. The highest BCUT2D eigenvalue weighted by atomic mass is 35.5. The van der Waals surface area contributed by atoms with Gasteiger partial charge in [0.15, 0.2) is 11.6 Å². The molecule has 0 amide bonds. The van der Waals surface area contributed by atoms with Gasteiger partial charge in [-0.1, -0.05) is 11.6 Å². The van der Waals surface area contributed by atoms with E-state index in [1.165, 1.54) is 6.20 Å². The first-order valence-corrected chi connectivity index (χ1v) is 11.7. The first-order chi connectivity index (χ1) is 16.9. The largest absolute Gasteiger partial charge is 0.497 e. The van der Waals surface area contributed by atoms with Gasteiger partial charge in [-0.3, -0.25) is 4.79 Å². The van der Waals surface area contributed by atoms with Crippen molar-refractivity contribution in [1.29, 1.82) is 0 Å². The zero-order valence-electron chi connectivity index (χ0n) is 19.4. The number of Topliss-reactive ketones (excluding diaryl/α,β-unsaturated/α-hetero) is 1. The molecule has 0 radical (unpaired) electrons. The number of esters is 1. The van der Waals surface area contributed by atoms with Crippen molar-refractivity contribution in [1.82, 2.24) is 9.97 Å². The summed E-state index contributed by atoms with van der Waals surface area (Å²) in [5.41, 5.74) is 0.851. The van der Waals surface area contributed by atoms with Gasteiger partial charge in [-0.25, -0.2) is 14.8 Å². The normalized spacial score (nSPS) is 18.8. The Kier molecular flexibility index (Phi) is 6.06. The lowest BCUT2D eigenvalue weighted by Crippen LogP contribution is -2.44. The van der Waals surface area contributed by atoms with Crippen LogP contribution in [0.25, 0.3) is 11.4 Å². The van der Waals surface area contributed by atoms with E-state index in [0.717, 1.165) is 5.56 Å². The van der Waals surface area contributed by atoms with Crippen LogP contribution in [-0.2, 0) is 4.74 Å². The Morgan fingerprint density at radius 3 is 2.77 bits per heavy atom. The molecule has 2 aromatic carbocycles. The summed E-state index contributed by atoms with van der Waals surface area (Å²) in [6.45, 7) is 2.94. The Balaban J connectivity index is 1.48. The molecule has 0 N–H and O–H groups in total. The lowest BCUT2D eigenvalue weighted by molar-refractivity contribution is 0.0514. The number of ether oxygens (including phenoxy) is 3. The van der Waals surface area contributed by atoms with Crippen LogP contribution in [0.1, 0.15) is 40.5 Å². The zero-order valence-corrected chi connectivity index (χ0v) is 20.2. The van der Waals surface area contributed by atoms with Crippen LogP contribution in [0.15, 0.2) is 48.7 Å². The molecule has 35 heavy (non-hydrogen) atoms. The van der Waals surface area contributed by atoms with Crippen molar-refractivity contribution in [2.24, 2.45) is 0 Å². The Morgan fingerprint density at radius 2 is 2.03 bits per heavy atom. The fourth-order valence-corrected chi connectivity index (χ4v) is 4.68. The highest BCUT2D eigenvalue weighted by Gasteiger charge is 2.47. The van der Waals surface area contributed by atoms with Gasteiger partial charge in [0.1, 0.15) is 28.5 Å². The van der Waals surface area contributed by atoms with Crippen LogP contribution in [-0.4, -0.2) is 54.1 Å². The number of carbonyl (C=O) groups excluding carboxylic acids is 2. The van der Waals surface area contributed by atoms with Crippen molar-refractivity contribution in [2.45, 2.75) is 25.4 Å². The maximum atomic E-state index is 13.0. The highest BCUT2D eigenvalue weighted by Crippen LogP contribution is 2.41. The fourth-order valence-electron chi connectivity index (χ4n) is 4.56. The lowest BCUT2D eigenvalue weighted by Gasteiger charge is -2.35. The van der Waals surface area contributed by atoms with Crippen LogP contribution in [0.4, 0.5) is 5.82 Å². The second-order valence-corrected chi connectivity index (χ2v) is 9.01. The zero-order chi connectivity index (χ0) is 24.6. The number of nitrogens with zero attached hydrogens (tertiary/aromatic N) is 3. The second kappa shape index (κ2) is 9.19. The number of rotatable bonds is 5. The summed E-state index contributed by atoms with van der Waals surface area (Å²) in [6.07, 6.45) is 2.32. The van der Waals surface area contributed by atoms with E-state index in [9.17, 15) is 9.59 Å². The van der Waals surface area contributed by atoms with E-state index in [2.05, 4.69) is 4.98 Å². The molecule has 2 aliphatic heterocycles. The third-order valence-electron chi connectivity index (χ3n) is 6.28. The molecule has 180 valence electrons. The van der Waals surface area contributed by atoms with Gasteiger partial charge in [-0.2, -0.15) is 0 Å². The van der Waals surface area contributed by atoms with Gasteiger partial charge in [-0.15, -0.1) is 0 Å². The number of fused-ring (bicyclic) bond motifs is 1. The summed E-state index contributed by atoms with van der Waals surface area (Å²) in [7, 11) is 1.56. The lowest BCUT2D eigenvalue weighted by atomic mass is 9.89. The number of hydrogen-bond donors (Lipinski definition) is 0. The minimum Gasteiger partial charge on any atom is -0.497 e. The van der Waals surface area contributed by atoms with Crippen molar-refractivity contribution in [3.8, 4) is 22.9 Å². The minimum atomic E-state index is -0.712. The molecule has 2 aliphatic rings. The van der Waals surface area contributed by atoms with Crippen LogP contribution < -0.4 is 14.4 Å². The average molecular weight is 494 g/mol. The Hall–Kier alpha value is -3.65. The number of hydrogen-bond acceptors (Lipinski definition) is 8. The number of aromatic nitrogens is 2. The maximum absolute atomic E-state index is 13.0. The summed E-state index contributed by atoms with van der Waals surface area (Å²) in [5, 5.41) is 0.607. The van der Waals surface area contributed by atoms with E-state index in [1.54, 1.807) is 44.4 Å². The fraction of sp³-hybridized carbons (Fsp3) is 0.308. The molecule has 8 nitrogen and oxygen atoms in total. The summed E-state index contributed by atoms with van der Waals surface area (Å²) in [4.78, 5) is 36.8. The molecule has 0 saturated carbocycles. The van der Waals surface area contributed by atoms with Crippen LogP contribution in [0.5, 0.6) is 11.5 Å². The van der Waals surface area contributed by atoms with E-state index in [1.807, 2.05) is 17.0 Å². The van der Waals surface area contributed by atoms with Crippen LogP contribution in [0.3, 0.4) is 0 Å². The molecular formula is C26H24ClN3O5. The second-order valence-electron chi connectivity index (χ2n) is 8.58. The molecule has 0 aliphatic carbocycles. The van der Waals surface area contributed by atoms with Gasteiger partial charge in [0.25, 0.3) is 0 Å². The van der Waals surface area contributed by atoms with E-state index < -0.39 is 11.6 Å². The SMILES string of the molecule is CCOC(=O)c1cnc(-c2ccc(Cl)cc2)nc1N1CCC2(CC(=O)c3cc(OC)ccc3O2)C1. The molecule has 9 heteroatoms. The third-order valence-corrected chi connectivity index (χ3v) is 6.53. The molecule has 1 fully saturated rings. The molecule has 1 unspecified atom stereocenters. The van der Waals surface area contributed by atoms with Crippen molar-refractivity contribution < 1.29 is 23.8 Å². The summed E-state index contributed by atoms with van der Waals surface area (Å²) in [6, 6.07) is 12.4. The number of benzene rings is 2. The highest BCUT2D eigenvalue weighted by molar-refractivity contribution is 6.30.